The fourth-order valence-corrected chi connectivity index (χ4v) is 6.12. The van der Waals surface area contributed by atoms with Crippen LogP contribution in [0.5, 0.6) is 0 Å². The average Bonchev–Trinajstić information content (AvgIpc) is 2.91. The van der Waals surface area contributed by atoms with Crippen molar-refractivity contribution in [2.75, 3.05) is 26.2 Å². The van der Waals surface area contributed by atoms with E-state index in [4.69, 9.17) is 4.98 Å². The van der Waals surface area contributed by atoms with Gasteiger partial charge in [-0.1, -0.05) is 54.6 Å². The molecule has 0 amide bonds. The third-order valence-corrected chi connectivity index (χ3v) is 8.72. The second-order valence-corrected chi connectivity index (χ2v) is 10.8. The Balaban J connectivity index is 1.31. The molecule has 1 atom stereocenters. The smallest absolute Gasteiger partial charge is 0.261 e. The number of hydrogen-bond donors (Lipinski definition) is 0. The van der Waals surface area contributed by atoms with Crippen molar-refractivity contribution in [3.63, 3.8) is 0 Å². The molecule has 4 aromatic rings. The van der Waals surface area contributed by atoms with E-state index in [1.54, 1.807) is 34.1 Å². The summed E-state index contributed by atoms with van der Waals surface area (Å²) < 4.78 is 29.7. The van der Waals surface area contributed by atoms with Gasteiger partial charge in [0, 0.05) is 33.2 Å². The SMILES string of the molecule is CC(c1nc2ccccc2c(=O)n1C)N1CCN(S(=O)(=O)c2ccc(-c3ccccc3)cc2)CC1. The number of para-hydroxylation sites is 1. The first-order valence-corrected chi connectivity index (χ1v) is 13.2. The zero-order valence-corrected chi connectivity index (χ0v) is 20.6. The minimum Gasteiger partial charge on any atom is -0.298 e. The van der Waals surface area contributed by atoms with Gasteiger partial charge in [-0.15, -0.1) is 0 Å². The lowest BCUT2D eigenvalue weighted by molar-refractivity contribution is 0.139. The minimum absolute atomic E-state index is 0.0717. The van der Waals surface area contributed by atoms with Gasteiger partial charge in [0.25, 0.3) is 5.56 Å². The van der Waals surface area contributed by atoms with Crippen molar-refractivity contribution < 1.29 is 8.42 Å². The topological polar surface area (TPSA) is 75.5 Å². The zero-order chi connectivity index (χ0) is 24.6. The Morgan fingerprint density at radius 1 is 0.800 bits per heavy atom. The van der Waals surface area contributed by atoms with Gasteiger partial charge in [-0.25, -0.2) is 13.4 Å². The molecule has 0 radical (unpaired) electrons. The van der Waals surface area contributed by atoms with Crippen LogP contribution in [0.2, 0.25) is 0 Å². The quantitative estimate of drug-likeness (QED) is 0.429. The largest absolute Gasteiger partial charge is 0.298 e. The van der Waals surface area contributed by atoms with Crippen molar-refractivity contribution in [1.82, 2.24) is 18.8 Å². The second kappa shape index (κ2) is 9.37. The monoisotopic (exact) mass is 488 g/mol. The number of benzene rings is 3. The third kappa shape index (κ3) is 4.40. The summed E-state index contributed by atoms with van der Waals surface area (Å²) in [7, 11) is -1.84. The Kier molecular flexibility index (Phi) is 6.27. The molecule has 180 valence electrons. The Bertz CT molecular complexity index is 1510. The summed E-state index contributed by atoms with van der Waals surface area (Å²) in [5, 5.41) is 0.597. The van der Waals surface area contributed by atoms with Crippen LogP contribution in [0.4, 0.5) is 0 Å². The molecule has 0 spiro atoms. The molecule has 1 saturated heterocycles. The predicted molar refractivity (Wildman–Crippen MR) is 138 cm³/mol. The van der Waals surface area contributed by atoms with Crippen LogP contribution in [-0.4, -0.2) is 53.4 Å². The van der Waals surface area contributed by atoms with E-state index < -0.39 is 10.0 Å². The Morgan fingerprint density at radius 2 is 1.40 bits per heavy atom. The van der Waals surface area contributed by atoms with Crippen molar-refractivity contribution in [1.29, 1.82) is 0 Å². The minimum atomic E-state index is -3.58. The highest BCUT2D eigenvalue weighted by molar-refractivity contribution is 7.89. The summed E-state index contributed by atoms with van der Waals surface area (Å²) in [5.74, 6) is 0.682. The summed E-state index contributed by atoms with van der Waals surface area (Å²) in [5.41, 5.74) is 2.64. The highest BCUT2D eigenvalue weighted by Crippen LogP contribution is 2.26. The first-order valence-electron chi connectivity index (χ1n) is 11.7. The van der Waals surface area contributed by atoms with Crippen molar-refractivity contribution in [3.05, 3.63) is 95.0 Å². The van der Waals surface area contributed by atoms with Crippen molar-refractivity contribution >= 4 is 20.9 Å². The molecule has 1 fully saturated rings. The van der Waals surface area contributed by atoms with E-state index in [1.165, 1.54) is 0 Å². The van der Waals surface area contributed by atoms with E-state index in [2.05, 4.69) is 4.90 Å². The molecule has 1 aliphatic rings. The van der Waals surface area contributed by atoms with Crippen LogP contribution < -0.4 is 5.56 Å². The molecular weight excluding hydrogens is 460 g/mol. The highest BCUT2D eigenvalue weighted by Gasteiger charge is 2.31. The van der Waals surface area contributed by atoms with E-state index in [0.29, 0.717) is 47.8 Å². The average molecular weight is 489 g/mol. The molecule has 0 bridgehead atoms. The summed E-state index contributed by atoms with van der Waals surface area (Å²) >= 11 is 0. The molecule has 35 heavy (non-hydrogen) atoms. The van der Waals surface area contributed by atoms with Crippen molar-refractivity contribution in [2.45, 2.75) is 17.9 Å². The fraction of sp³-hybridized carbons (Fsp3) is 0.259. The molecule has 7 nitrogen and oxygen atoms in total. The molecule has 2 heterocycles. The number of rotatable bonds is 5. The number of hydrogen-bond acceptors (Lipinski definition) is 5. The van der Waals surface area contributed by atoms with Crippen LogP contribution in [0.3, 0.4) is 0 Å². The third-order valence-electron chi connectivity index (χ3n) is 6.81. The molecule has 5 rings (SSSR count). The molecule has 0 aliphatic carbocycles. The molecule has 0 saturated carbocycles. The summed E-state index contributed by atoms with van der Waals surface area (Å²) in [6, 6.07) is 24.2. The van der Waals surface area contributed by atoms with E-state index >= 15 is 0 Å². The first-order chi connectivity index (χ1) is 16.9. The van der Waals surface area contributed by atoms with Crippen LogP contribution in [0.25, 0.3) is 22.0 Å². The number of piperazine rings is 1. The number of nitrogens with zero attached hydrogens (tertiary/aromatic N) is 4. The standard InChI is InChI=1S/C27H28N4O3S/c1-20(26-28-25-11-7-6-10-24(25)27(32)29(26)2)30-16-18-31(19-17-30)35(33,34)23-14-12-22(13-15-23)21-8-4-3-5-9-21/h3-15,20H,16-19H2,1-2H3. The van der Waals surface area contributed by atoms with Crippen molar-refractivity contribution in [2.24, 2.45) is 7.05 Å². The normalized spacial score (nSPS) is 16.4. The molecule has 8 heteroatoms. The Morgan fingerprint density at radius 3 is 2.09 bits per heavy atom. The van der Waals surface area contributed by atoms with Gasteiger partial charge < -0.3 is 0 Å². The van der Waals surface area contributed by atoms with Crippen molar-refractivity contribution in [3.8, 4) is 11.1 Å². The number of aromatic nitrogens is 2. The summed E-state index contributed by atoms with van der Waals surface area (Å²) in [4.78, 5) is 20.0. The number of fused-ring (bicyclic) bond motifs is 1. The fourth-order valence-electron chi connectivity index (χ4n) is 4.70. The molecule has 1 aromatic heterocycles. The molecular formula is C27H28N4O3S. The van der Waals surface area contributed by atoms with Gasteiger partial charge in [0.2, 0.25) is 10.0 Å². The lowest BCUT2D eigenvalue weighted by Crippen LogP contribution is -2.49. The predicted octanol–water partition coefficient (Wildman–Crippen LogP) is 3.67. The van der Waals surface area contributed by atoms with Gasteiger partial charge in [-0.3, -0.25) is 14.3 Å². The summed E-state index contributed by atoms with van der Waals surface area (Å²) in [6.07, 6.45) is 0. The van der Waals surface area contributed by atoms with Crippen LogP contribution in [-0.2, 0) is 17.1 Å². The maximum absolute atomic E-state index is 13.3. The molecule has 1 aliphatic heterocycles. The van der Waals surface area contributed by atoms with Gasteiger partial charge in [0.15, 0.2) is 0 Å². The summed E-state index contributed by atoms with van der Waals surface area (Å²) in [6.45, 7) is 3.91. The second-order valence-electron chi connectivity index (χ2n) is 8.86. The van der Waals surface area contributed by atoms with Gasteiger partial charge in [-0.05, 0) is 42.3 Å². The Hall–Kier alpha value is -3.33. The molecule has 0 N–H and O–H groups in total. The molecule has 3 aromatic carbocycles. The van der Waals surface area contributed by atoms with E-state index in [0.717, 1.165) is 11.1 Å². The van der Waals surface area contributed by atoms with Gasteiger partial charge in [-0.2, -0.15) is 4.31 Å². The van der Waals surface area contributed by atoms with Crippen LogP contribution in [0.15, 0.2) is 88.6 Å². The van der Waals surface area contributed by atoms with E-state index in [9.17, 15) is 13.2 Å². The van der Waals surface area contributed by atoms with Gasteiger partial charge >= 0.3 is 0 Å². The number of sulfonamides is 1. The Labute approximate surface area is 205 Å². The van der Waals surface area contributed by atoms with Crippen LogP contribution >= 0.6 is 0 Å². The van der Waals surface area contributed by atoms with Gasteiger partial charge in [0.1, 0.15) is 5.82 Å². The van der Waals surface area contributed by atoms with Gasteiger partial charge in [0.05, 0.1) is 21.8 Å². The maximum atomic E-state index is 13.3. The lowest BCUT2D eigenvalue weighted by atomic mass is 10.1. The van der Waals surface area contributed by atoms with Crippen LogP contribution in [0, 0.1) is 0 Å². The van der Waals surface area contributed by atoms with Crippen LogP contribution in [0.1, 0.15) is 18.8 Å². The zero-order valence-electron chi connectivity index (χ0n) is 19.8. The van der Waals surface area contributed by atoms with E-state index in [1.807, 2.05) is 67.6 Å². The maximum Gasteiger partial charge on any atom is 0.261 e. The highest BCUT2D eigenvalue weighted by atomic mass is 32.2. The molecule has 1 unspecified atom stereocenters. The van der Waals surface area contributed by atoms with E-state index in [-0.39, 0.29) is 11.6 Å². The first kappa shape index (κ1) is 23.4. The lowest BCUT2D eigenvalue weighted by Gasteiger charge is -2.37.